The number of nitrogen functional groups attached to an aromatic ring is 1. The Morgan fingerprint density at radius 2 is 1.84 bits per heavy atom. The van der Waals surface area contributed by atoms with Gasteiger partial charge in [-0.25, -0.2) is 9.78 Å². The maximum atomic E-state index is 13.0. The van der Waals surface area contributed by atoms with Crippen LogP contribution in [0, 0.1) is 5.92 Å². The highest BCUT2D eigenvalue weighted by molar-refractivity contribution is 7.99. The molecular weight excluding hydrogens is 442 g/mol. The van der Waals surface area contributed by atoms with E-state index in [-0.39, 0.29) is 28.6 Å². The van der Waals surface area contributed by atoms with E-state index in [0.29, 0.717) is 27.6 Å². The molecule has 0 radical (unpaired) electrons. The van der Waals surface area contributed by atoms with Gasteiger partial charge >= 0.3 is 5.69 Å². The van der Waals surface area contributed by atoms with Crippen LogP contribution in [0.5, 0.6) is 0 Å². The lowest BCUT2D eigenvalue weighted by Gasteiger charge is -2.15. The van der Waals surface area contributed by atoms with Crippen LogP contribution in [0.2, 0.25) is 5.02 Å². The molecule has 0 spiro atoms. The third kappa shape index (κ3) is 4.31. The van der Waals surface area contributed by atoms with Crippen molar-refractivity contribution in [2.45, 2.75) is 25.5 Å². The van der Waals surface area contributed by atoms with E-state index in [2.05, 4.69) is 4.98 Å². The van der Waals surface area contributed by atoms with Gasteiger partial charge in [-0.05, 0) is 24.1 Å². The largest absolute Gasteiger partial charge is 0.384 e. The van der Waals surface area contributed by atoms with Crippen molar-refractivity contribution >= 4 is 45.9 Å². The molecule has 0 amide bonds. The number of nitrogens with two attached hydrogens (primary N) is 1. The average Bonchev–Trinajstić information content (AvgIpc) is 2.71. The summed E-state index contributed by atoms with van der Waals surface area (Å²) < 4.78 is 3.39. The number of thioether (sulfide) groups is 1. The van der Waals surface area contributed by atoms with Gasteiger partial charge in [-0.2, -0.15) is 0 Å². The quantitative estimate of drug-likeness (QED) is 0.335. The Morgan fingerprint density at radius 1 is 1.16 bits per heavy atom. The van der Waals surface area contributed by atoms with Gasteiger partial charge in [0.1, 0.15) is 11.4 Å². The Morgan fingerprint density at radius 3 is 2.48 bits per heavy atom. The summed E-state index contributed by atoms with van der Waals surface area (Å²) >= 11 is 7.07. The number of halogens is 1. The smallest absolute Gasteiger partial charge is 0.332 e. The average molecular weight is 464 g/mol. The fourth-order valence-electron chi connectivity index (χ4n) is 3.13. The molecule has 11 heteroatoms. The van der Waals surface area contributed by atoms with Crippen molar-refractivity contribution in [3.05, 3.63) is 60.0 Å². The van der Waals surface area contributed by atoms with Crippen molar-refractivity contribution in [3.63, 3.8) is 0 Å². The summed E-state index contributed by atoms with van der Waals surface area (Å²) in [5.41, 5.74) is 4.41. The van der Waals surface area contributed by atoms with Crippen LogP contribution in [0.3, 0.4) is 0 Å². The minimum atomic E-state index is -0.760. The topological polar surface area (TPSA) is 122 Å². The Labute approximate surface area is 186 Å². The second-order valence-corrected chi connectivity index (χ2v) is 8.92. The fraction of sp³-hybridized carbons (Fsp3) is 0.350. The number of benzene rings is 1. The first-order valence-corrected chi connectivity index (χ1v) is 10.8. The highest BCUT2D eigenvalue weighted by Crippen LogP contribution is 2.22. The number of nitrogens with zero attached hydrogens (tertiary/aromatic N) is 4. The van der Waals surface area contributed by atoms with Crippen LogP contribution in [0.25, 0.3) is 10.9 Å². The van der Waals surface area contributed by atoms with E-state index in [1.807, 2.05) is 13.8 Å². The van der Waals surface area contributed by atoms with Gasteiger partial charge in [0, 0.05) is 25.7 Å². The van der Waals surface area contributed by atoms with Gasteiger partial charge < -0.3 is 5.73 Å². The molecule has 164 valence electrons. The summed E-state index contributed by atoms with van der Waals surface area (Å²) in [6, 6.07) is 4.84. The summed E-state index contributed by atoms with van der Waals surface area (Å²) in [5, 5.41) is 1.20. The third-order valence-corrected chi connectivity index (χ3v) is 5.96. The summed E-state index contributed by atoms with van der Waals surface area (Å²) in [6.07, 6.45) is 0. The molecule has 0 saturated carbocycles. The molecule has 0 aliphatic heterocycles. The van der Waals surface area contributed by atoms with Crippen LogP contribution in [-0.2, 0) is 20.6 Å². The number of aromatic nitrogens is 4. The number of rotatable bonds is 6. The van der Waals surface area contributed by atoms with E-state index >= 15 is 0 Å². The number of hydrogen-bond acceptors (Lipinski definition) is 7. The van der Waals surface area contributed by atoms with Crippen molar-refractivity contribution < 1.29 is 4.79 Å². The lowest BCUT2D eigenvalue weighted by atomic mass is 10.2. The molecule has 0 fully saturated rings. The molecule has 0 saturated heterocycles. The van der Waals surface area contributed by atoms with Gasteiger partial charge in [-0.15, -0.1) is 0 Å². The van der Waals surface area contributed by atoms with Crippen molar-refractivity contribution in [2.75, 3.05) is 11.5 Å². The Hall–Kier alpha value is -2.85. The van der Waals surface area contributed by atoms with Gasteiger partial charge in [0.25, 0.3) is 11.1 Å². The van der Waals surface area contributed by atoms with Gasteiger partial charge in [-0.3, -0.25) is 28.1 Å². The first-order valence-electron chi connectivity index (χ1n) is 9.44. The number of Topliss-reactive ketones (excluding diaryl/α,β-unsaturated/α-hetero) is 1. The van der Waals surface area contributed by atoms with Crippen LogP contribution in [-0.4, -0.2) is 30.2 Å². The van der Waals surface area contributed by atoms with Crippen LogP contribution < -0.4 is 22.5 Å². The van der Waals surface area contributed by atoms with Crippen LogP contribution in [0.15, 0.2) is 37.7 Å². The maximum Gasteiger partial charge on any atom is 0.332 e. The SMILES string of the molecule is CC(C)Cn1c(SCC(=O)c2c(N)n(C)c(=O)n(C)c2=O)nc2cc(Cl)ccc2c1=O. The maximum absolute atomic E-state index is 13.0. The van der Waals surface area contributed by atoms with Crippen LogP contribution in [0.4, 0.5) is 5.82 Å². The third-order valence-electron chi connectivity index (χ3n) is 4.75. The number of fused-ring (bicyclic) bond motifs is 1. The van der Waals surface area contributed by atoms with Gasteiger partial charge in [-0.1, -0.05) is 37.2 Å². The van der Waals surface area contributed by atoms with E-state index in [1.54, 1.807) is 18.2 Å². The molecule has 0 aliphatic rings. The minimum absolute atomic E-state index is 0.158. The molecule has 3 aromatic rings. The number of carbonyl (C=O) groups is 1. The normalized spacial score (nSPS) is 11.4. The lowest BCUT2D eigenvalue weighted by Crippen LogP contribution is -2.41. The molecule has 0 unspecified atom stereocenters. The first kappa shape index (κ1) is 22.8. The summed E-state index contributed by atoms with van der Waals surface area (Å²) in [5.74, 6) is -0.786. The molecule has 2 aromatic heterocycles. The molecule has 0 atom stereocenters. The highest BCUT2D eigenvalue weighted by atomic mass is 35.5. The van der Waals surface area contributed by atoms with Crippen molar-refractivity contribution in [1.29, 1.82) is 0 Å². The van der Waals surface area contributed by atoms with E-state index in [1.165, 1.54) is 18.7 Å². The molecule has 0 aliphatic carbocycles. The molecule has 3 rings (SSSR count). The molecule has 2 heterocycles. The Kier molecular flexibility index (Phi) is 6.42. The summed E-state index contributed by atoms with van der Waals surface area (Å²) in [4.78, 5) is 54.8. The van der Waals surface area contributed by atoms with Crippen LogP contribution in [0.1, 0.15) is 24.2 Å². The standard InChI is InChI=1S/C20H22ClN5O4S/c1-10(2)8-26-17(28)12-6-5-11(21)7-13(12)23-19(26)31-9-14(27)15-16(22)24(3)20(30)25(4)18(15)29/h5-7,10H,8-9,22H2,1-4H3. The summed E-state index contributed by atoms with van der Waals surface area (Å²) in [6.45, 7) is 4.34. The second kappa shape index (κ2) is 8.72. The molecule has 9 nitrogen and oxygen atoms in total. The number of carbonyl (C=O) groups excluding carboxylic acids is 1. The van der Waals surface area contributed by atoms with E-state index in [9.17, 15) is 19.2 Å². The first-order chi connectivity index (χ1) is 14.5. The lowest BCUT2D eigenvalue weighted by molar-refractivity contribution is 0.102. The molecule has 31 heavy (non-hydrogen) atoms. The zero-order valence-corrected chi connectivity index (χ0v) is 19.1. The van der Waals surface area contributed by atoms with Crippen molar-refractivity contribution in [2.24, 2.45) is 20.0 Å². The van der Waals surface area contributed by atoms with E-state index in [0.717, 1.165) is 20.9 Å². The Bertz CT molecular complexity index is 1370. The predicted molar refractivity (Wildman–Crippen MR) is 122 cm³/mol. The van der Waals surface area contributed by atoms with Crippen LogP contribution >= 0.6 is 23.4 Å². The predicted octanol–water partition coefficient (Wildman–Crippen LogP) is 1.66. The van der Waals surface area contributed by atoms with Crippen molar-refractivity contribution in [3.8, 4) is 0 Å². The number of anilines is 1. The molecule has 1 aromatic carbocycles. The molecule has 2 N–H and O–H groups in total. The summed E-state index contributed by atoms with van der Waals surface area (Å²) in [7, 11) is 2.67. The van der Waals surface area contributed by atoms with Gasteiger partial charge in [0.2, 0.25) is 0 Å². The highest BCUT2D eigenvalue weighted by Gasteiger charge is 2.22. The van der Waals surface area contributed by atoms with Crippen molar-refractivity contribution in [1.82, 2.24) is 18.7 Å². The minimum Gasteiger partial charge on any atom is -0.384 e. The monoisotopic (exact) mass is 463 g/mol. The number of ketones is 1. The Balaban J connectivity index is 2.04. The zero-order chi connectivity index (χ0) is 23.0. The van der Waals surface area contributed by atoms with E-state index < -0.39 is 17.0 Å². The fourth-order valence-corrected chi connectivity index (χ4v) is 4.18. The zero-order valence-electron chi connectivity index (χ0n) is 17.5. The van der Waals surface area contributed by atoms with Gasteiger partial charge in [0.05, 0.1) is 16.7 Å². The molecular formula is C20H22ClN5O4S. The molecule has 0 bridgehead atoms. The van der Waals surface area contributed by atoms with E-state index in [4.69, 9.17) is 17.3 Å². The van der Waals surface area contributed by atoms with Gasteiger partial charge in [0.15, 0.2) is 10.9 Å². The second-order valence-electron chi connectivity index (χ2n) is 7.54. The number of hydrogen-bond donors (Lipinski definition) is 1.